The molecule has 1 fully saturated rings. The van der Waals surface area contributed by atoms with E-state index < -0.39 is 9.84 Å². The van der Waals surface area contributed by atoms with Crippen LogP contribution in [0.2, 0.25) is 0 Å². The van der Waals surface area contributed by atoms with Crippen LogP contribution in [0.15, 0.2) is 0 Å². The summed E-state index contributed by atoms with van der Waals surface area (Å²) in [6, 6.07) is 0.536. The molecule has 1 aliphatic carbocycles. The Morgan fingerprint density at radius 2 is 1.73 bits per heavy atom. The van der Waals surface area contributed by atoms with Crippen LogP contribution in [0.1, 0.15) is 46.5 Å². The van der Waals surface area contributed by atoms with E-state index in [1.165, 1.54) is 0 Å². The number of hydrogen-bond donors (Lipinski definition) is 1. The van der Waals surface area contributed by atoms with Crippen LogP contribution in [0.25, 0.3) is 0 Å². The van der Waals surface area contributed by atoms with Crippen molar-refractivity contribution in [2.75, 3.05) is 6.54 Å². The number of rotatable bonds is 4. The third kappa shape index (κ3) is 3.18. The first-order valence-corrected chi connectivity index (χ1v) is 7.55. The van der Waals surface area contributed by atoms with Crippen molar-refractivity contribution >= 4 is 9.84 Å². The Labute approximate surface area is 93.6 Å². The summed E-state index contributed by atoms with van der Waals surface area (Å²) in [6.07, 6.45) is 3.67. The zero-order chi connectivity index (χ0) is 11.5. The van der Waals surface area contributed by atoms with Crippen LogP contribution in [0.4, 0.5) is 0 Å². The van der Waals surface area contributed by atoms with Gasteiger partial charge in [0.1, 0.15) is 0 Å². The Morgan fingerprint density at radius 3 is 2.13 bits per heavy atom. The van der Waals surface area contributed by atoms with Gasteiger partial charge < -0.3 is 5.32 Å². The summed E-state index contributed by atoms with van der Waals surface area (Å²) in [5.41, 5.74) is 0. The lowest BCUT2D eigenvalue weighted by molar-refractivity contribution is 0.377. The Morgan fingerprint density at radius 1 is 1.20 bits per heavy atom. The average Bonchev–Trinajstić information content (AvgIpc) is 2.19. The third-order valence-electron chi connectivity index (χ3n) is 3.29. The Balaban J connectivity index is 2.51. The molecule has 3 nitrogen and oxygen atoms in total. The topological polar surface area (TPSA) is 46.2 Å². The molecule has 0 saturated heterocycles. The van der Waals surface area contributed by atoms with E-state index in [2.05, 4.69) is 12.2 Å². The van der Waals surface area contributed by atoms with Gasteiger partial charge in [0.25, 0.3) is 0 Å². The van der Waals surface area contributed by atoms with Crippen LogP contribution in [0.5, 0.6) is 0 Å². The molecule has 15 heavy (non-hydrogen) atoms. The molecular formula is C11H23NO2S. The van der Waals surface area contributed by atoms with Crippen molar-refractivity contribution in [2.45, 2.75) is 63.0 Å². The fourth-order valence-electron chi connectivity index (χ4n) is 2.27. The summed E-state index contributed by atoms with van der Waals surface area (Å²) in [7, 11) is -2.87. The first kappa shape index (κ1) is 13.0. The van der Waals surface area contributed by atoms with Gasteiger partial charge in [0.2, 0.25) is 0 Å². The molecule has 90 valence electrons. The van der Waals surface area contributed by atoms with E-state index in [0.717, 1.165) is 32.2 Å². The minimum atomic E-state index is -2.87. The fraction of sp³-hybridized carbons (Fsp3) is 1.00. The second-order valence-electron chi connectivity index (χ2n) is 4.67. The molecule has 1 aliphatic rings. The second-order valence-corrected chi connectivity index (χ2v) is 7.46. The first-order valence-electron chi connectivity index (χ1n) is 5.94. The maximum absolute atomic E-state index is 11.9. The molecule has 4 heteroatoms. The summed E-state index contributed by atoms with van der Waals surface area (Å²) in [4.78, 5) is 0. The van der Waals surface area contributed by atoms with E-state index in [4.69, 9.17) is 0 Å². The maximum atomic E-state index is 11.9. The molecule has 0 radical (unpaired) electrons. The molecule has 1 N–H and O–H groups in total. The molecule has 0 unspecified atom stereocenters. The Bertz CT molecular complexity index is 277. The van der Waals surface area contributed by atoms with Gasteiger partial charge >= 0.3 is 0 Å². The van der Waals surface area contributed by atoms with Crippen molar-refractivity contribution in [1.29, 1.82) is 0 Å². The van der Waals surface area contributed by atoms with Gasteiger partial charge in [0, 0.05) is 6.04 Å². The van der Waals surface area contributed by atoms with Gasteiger partial charge in [-0.15, -0.1) is 0 Å². The second kappa shape index (κ2) is 5.30. The fourth-order valence-corrected chi connectivity index (χ4v) is 3.97. The van der Waals surface area contributed by atoms with Crippen LogP contribution in [-0.2, 0) is 9.84 Å². The summed E-state index contributed by atoms with van der Waals surface area (Å²) in [6.45, 7) is 6.64. The van der Waals surface area contributed by atoms with Crippen LogP contribution in [0.3, 0.4) is 0 Å². The van der Waals surface area contributed by atoms with E-state index in [-0.39, 0.29) is 10.5 Å². The first-order chi connectivity index (χ1) is 6.98. The van der Waals surface area contributed by atoms with E-state index >= 15 is 0 Å². The highest BCUT2D eigenvalue weighted by Gasteiger charge is 2.32. The highest BCUT2D eigenvalue weighted by atomic mass is 32.2. The Hall–Kier alpha value is -0.0900. The van der Waals surface area contributed by atoms with Gasteiger partial charge in [-0.2, -0.15) is 0 Å². The largest absolute Gasteiger partial charge is 0.314 e. The minimum absolute atomic E-state index is 0.0904. The molecule has 0 atom stereocenters. The lowest BCUT2D eigenvalue weighted by Crippen LogP contribution is -2.38. The quantitative estimate of drug-likeness (QED) is 0.804. The van der Waals surface area contributed by atoms with Crippen molar-refractivity contribution in [3.05, 3.63) is 0 Å². The van der Waals surface area contributed by atoms with E-state index in [1.807, 2.05) is 0 Å². The highest BCUT2D eigenvalue weighted by molar-refractivity contribution is 7.92. The van der Waals surface area contributed by atoms with Crippen molar-refractivity contribution in [3.63, 3.8) is 0 Å². The van der Waals surface area contributed by atoms with E-state index in [0.29, 0.717) is 6.04 Å². The summed E-state index contributed by atoms with van der Waals surface area (Å²) < 4.78 is 23.9. The van der Waals surface area contributed by atoms with E-state index in [1.54, 1.807) is 13.8 Å². The summed E-state index contributed by atoms with van der Waals surface area (Å²) in [5, 5.41) is 3.08. The van der Waals surface area contributed by atoms with Crippen molar-refractivity contribution in [3.8, 4) is 0 Å². The van der Waals surface area contributed by atoms with Crippen molar-refractivity contribution in [1.82, 2.24) is 5.32 Å². The van der Waals surface area contributed by atoms with Gasteiger partial charge in [-0.25, -0.2) is 8.42 Å². The summed E-state index contributed by atoms with van der Waals surface area (Å²) >= 11 is 0. The lowest BCUT2D eigenvalue weighted by atomic mass is 9.95. The average molecular weight is 233 g/mol. The zero-order valence-corrected chi connectivity index (χ0v) is 10.8. The van der Waals surface area contributed by atoms with Gasteiger partial charge in [0.15, 0.2) is 9.84 Å². The molecule has 1 rings (SSSR count). The minimum Gasteiger partial charge on any atom is -0.314 e. The smallest absolute Gasteiger partial charge is 0.155 e. The van der Waals surface area contributed by atoms with Crippen LogP contribution in [-0.4, -0.2) is 31.5 Å². The summed E-state index contributed by atoms with van der Waals surface area (Å²) in [5.74, 6) is 0. The number of hydrogen-bond acceptors (Lipinski definition) is 3. The molecule has 1 saturated carbocycles. The third-order valence-corrected chi connectivity index (χ3v) is 6.00. The zero-order valence-electron chi connectivity index (χ0n) is 9.99. The van der Waals surface area contributed by atoms with Crippen molar-refractivity contribution in [2.24, 2.45) is 0 Å². The molecule has 0 aromatic rings. The van der Waals surface area contributed by atoms with Crippen molar-refractivity contribution < 1.29 is 8.42 Å². The van der Waals surface area contributed by atoms with Crippen LogP contribution >= 0.6 is 0 Å². The number of sulfone groups is 1. The van der Waals surface area contributed by atoms with Gasteiger partial charge in [-0.3, -0.25) is 0 Å². The molecular weight excluding hydrogens is 210 g/mol. The maximum Gasteiger partial charge on any atom is 0.155 e. The van der Waals surface area contributed by atoms with Gasteiger partial charge in [0.05, 0.1) is 10.5 Å². The normalized spacial score (nSPS) is 28.3. The molecule has 0 bridgehead atoms. The Kier molecular flexibility index (Phi) is 4.59. The van der Waals surface area contributed by atoms with Gasteiger partial charge in [-0.05, 0) is 46.1 Å². The molecule has 0 spiro atoms. The monoisotopic (exact) mass is 233 g/mol. The SMILES string of the molecule is CCNC1CCC(S(=O)(=O)C(C)C)CC1. The lowest BCUT2D eigenvalue weighted by Gasteiger charge is -2.29. The van der Waals surface area contributed by atoms with Gasteiger partial charge in [-0.1, -0.05) is 6.92 Å². The van der Waals surface area contributed by atoms with E-state index in [9.17, 15) is 8.42 Å². The number of nitrogens with one attached hydrogen (secondary N) is 1. The molecule has 0 aromatic heterocycles. The molecule has 0 heterocycles. The standard InChI is InChI=1S/C11H23NO2S/c1-4-12-10-5-7-11(8-6-10)15(13,14)9(2)3/h9-12H,4-8H2,1-3H3. The molecule has 0 amide bonds. The molecule has 0 aliphatic heterocycles. The van der Waals surface area contributed by atoms with Crippen LogP contribution in [0, 0.1) is 0 Å². The predicted molar refractivity (Wildman–Crippen MR) is 63.8 cm³/mol. The molecule has 0 aromatic carbocycles. The predicted octanol–water partition coefficient (Wildman–Crippen LogP) is 1.73. The van der Waals surface area contributed by atoms with Crippen LogP contribution < -0.4 is 5.32 Å². The highest BCUT2D eigenvalue weighted by Crippen LogP contribution is 2.26.